The van der Waals surface area contributed by atoms with Crippen molar-refractivity contribution in [2.24, 2.45) is 11.8 Å². The lowest BCUT2D eigenvalue weighted by Gasteiger charge is -2.31. The van der Waals surface area contributed by atoms with Crippen molar-refractivity contribution in [1.82, 2.24) is 9.21 Å². The van der Waals surface area contributed by atoms with E-state index in [4.69, 9.17) is 9.47 Å². The van der Waals surface area contributed by atoms with Crippen molar-refractivity contribution in [1.29, 1.82) is 0 Å². The fourth-order valence-corrected chi connectivity index (χ4v) is 5.66. The van der Waals surface area contributed by atoms with Crippen LogP contribution in [0.1, 0.15) is 31.2 Å². The second kappa shape index (κ2) is 12.5. The summed E-state index contributed by atoms with van der Waals surface area (Å²) < 4.78 is 76.2. The van der Waals surface area contributed by atoms with E-state index < -0.39 is 21.8 Å². The van der Waals surface area contributed by atoms with E-state index in [0.717, 1.165) is 82.8 Å². The Hall–Kier alpha value is -1.46. The van der Waals surface area contributed by atoms with Gasteiger partial charge in [0.15, 0.2) is 0 Å². The van der Waals surface area contributed by atoms with Gasteiger partial charge in [0.1, 0.15) is 0 Å². The lowest BCUT2D eigenvalue weighted by molar-refractivity contribution is -0.137. The van der Waals surface area contributed by atoms with Crippen molar-refractivity contribution in [2.45, 2.75) is 36.8 Å². The van der Waals surface area contributed by atoms with Crippen LogP contribution in [0.5, 0.6) is 0 Å². The molecule has 1 saturated carbocycles. The quantitative estimate of drug-likeness (QED) is 0.356. The van der Waals surface area contributed by atoms with Crippen LogP contribution in [0.2, 0.25) is 0 Å². The highest BCUT2D eigenvalue weighted by Crippen LogP contribution is 2.32. The van der Waals surface area contributed by atoms with Gasteiger partial charge in [-0.3, -0.25) is 4.90 Å². The van der Waals surface area contributed by atoms with E-state index >= 15 is 0 Å². The number of ether oxygens (including phenoxy) is 2. The largest absolute Gasteiger partial charge is 0.416 e. The molecule has 1 aliphatic carbocycles. The highest BCUT2D eigenvalue weighted by molar-refractivity contribution is 7.89. The molecule has 10 heteroatoms. The van der Waals surface area contributed by atoms with E-state index in [0.29, 0.717) is 25.7 Å². The first-order valence-electron chi connectivity index (χ1n) is 11.8. The zero-order valence-corrected chi connectivity index (χ0v) is 20.5. The summed E-state index contributed by atoms with van der Waals surface area (Å²) >= 11 is 0. The molecule has 0 amide bonds. The SMILES string of the molecule is CN(CC1CCC(COC/C=C/CN2CCOCC2)CC1)S(=O)(=O)c1ccc(C(F)(F)F)cc1. The summed E-state index contributed by atoms with van der Waals surface area (Å²) in [6, 6.07) is 3.67. The topological polar surface area (TPSA) is 59.1 Å². The third-order valence-electron chi connectivity index (χ3n) is 6.57. The highest BCUT2D eigenvalue weighted by Gasteiger charge is 2.32. The molecule has 0 radical (unpaired) electrons. The Bertz CT molecular complexity index is 876. The first-order valence-corrected chi connectivity index (χ1v) is 13.3. The predicted molar refractivity (Wildman–Crippen MR) is 124 cm³/mol. The zero-order valence-electron chi connectivity index (χ0n) is 19.7. The smallest absolute Gasteiger partial charge is 0.379 e. The Kier molecular flexibility index (Phi) is 9.96. The van der Waals surface area contributed by atoms with Crippen LogP contribution in [0.25, 0.3) is 0 Å². The summed E-state index contributed by atoms with van der Waals surface area (Å²) in [5.74, 6) is 0.708. The van der Waals surface area contributed by atoms with E-state index in [1.165, 1.54) is 11.4 Å². The average Bonchev–Trinajstić information content (AvgIpc) is 2.82. The van der Waals surface area contributed by atoms with Crippen LogP contribution < -0.4 is 0 Å². The van der Waals surface area contributed by atoms with Gasteiger partial charge in [-0.2, -0.15) is 13.2 Å². The van der Waals surface area contributed by atoms with E-state index in [9.17, 15) is 21.6 Å². The first kappa shape index (κ1) is 27.1. The number of morpholine rings is 1. The van der Waals surface area contributed by atoms with Gasteiger partial charge in [0.25, 0.3) is 0 Å². The number of hydrogen-bond donors (Lipinski definition) is 0. The van der Waals surface area contributed by atoms with Crippen molar-refractivity contribution in [2.75, 3.05) is 59.7 Å². The normalized spacial score (nSPS) is 23.1. The lowest BCUT2D eigenvalue weighted by Crippen LogP contribution is -2.36. The Balaban J connectivity index is 1.35. The van der Waals surface area contributed by atoms with Crippen LogP contribution in [-0.2, 0) is 25.7 Å². The third kappa shape index (κ3) is 8.05. The first-order chi connectivity index (χ1) is 16.2. The van der Waals surface area contributed by atoms with Gasteiger partial charge in [0.2, 0.25) is 10.0 Å². The maximum Gasteiger partial charge on any atom is 0.416 e. The minimum Gasteiger partial charge on any atom is -0.379 e. The molecule has 2 fully saturated rings. The Morgan fingerprint density at radius 2 is 1.68 bits per heavy atom. The number of halogens is 3. The van der Waals surface area contributed by atoms with Crippen LogP contribution in [0, 0.1) is 11.8 Å². The van der Waals surface area contributed by atoms with Crippen LogP contribution in [-0.4, -0.2) is 77.3 Å². The Labute approximate surface area is 200 Å². The molecule has 1 heterocycles. The number of alkyl halides is 3. The summed E-state index contributed by atoms with van der Waals surface area (Å²) in [7, 11) is -2.33. The molecule has 0 N–H and O–H groups in total. The number of sulfonamides is 1. The van der Waals surface area contributed by atoms with Crippen LogP contribution in [0.15, 0.2) is 41.3 Å². The Morgan fingerprint density at radius 1 is 1.06 bits per heavy atom. The van der Waals surface area contributed by atoms with Gasteiger partial charge in [0, 0.05) is 39.8 Å². The maximum atomic E-state index is 12.8. The van der Waals surface area contributed by atoms with E-state index in [1.807, 2.05) is 0 Å². The van der Waals surface area contributed by atoms with Crippen molar-refractivity contribution in [3.05, 3.63) is 42.0 Å². The van der Waals surface area contributed by atoms with E-state index in [2.05, 4.69) is 17.1 Å². The summed E-state index contributed by atoms with van der Waals surface area (Å²) in [6.45, 7) is 6.10. The highest BCUT2D eigenvalue weighted by atomic mass is 32.2. The molecule has 1 aromatic carbocycles. The van der Waals surface area contributed by atoms with E-state index in [1.54, 1.807) is 0 Å². The van der Waals surface area contributed by atoms with Crippen molar-refractivity contribution < 1.29 is 31.1 Å². The minimum absolute atomic E-state index is 0.119. The van der Waals surface area contributed by atoms with Gasteiger partial charge in [-0.25, -0.2) is 12.7 Å². The number of nitrogens with zero attached hydrogens (tertiary/aromatic N) is 2. The molecule has 3 rings (SSSR count). The average molecular weight is 505 g/mol. The summed E-state index contributed by atoms with van der Waals surface area (Å²) in [4.78, 5) is 2.22. The van der Waals surface area contributed by atoms with Crippen molar-refractivity contribution in [3.8, 4) is 0 Å². The van der Waals surface area contributed by atoms with Gasteiger partial charge < -0.3 is 9.47 Å². The molecule has 0 spiro atoms. The second-order valence-electron chi connectivity index (χ2n) is 9.12. The molecule has 0 unspecified atom stereocenters. The fraction of sp³-hybridized carbons (Fsp3) is 0.667. The lowest BCUT2D eigenvalue weighted by atomic mass is 9.82. The summed E-state index contributed by atoms with van der Waals surface area (Å²) in [6.07, 6.45) is 3.49. The second-order valence-corrected chi connectivity index (χ2v) is 11.2. The molecule has 1 aromatic rings. The molecule has 0 atom stereocenters. The maximum absolute atomic E-state index is 12.8. The Morgan fingerprint density at radius 3 is 2.29 bits per heavy atom. The van der Waals surface area contributed by atoms with E-state index in [-0.39, 0.29) is 10.8 Å². The molecule has 34 heavy (non-hydrogen) atoms. The van der Waals surface area contributed by atoms with Gasteiger partial charge in [-0.05, 0) is 61.8 Å². The molecule has 0 bridgehead atoms. The zero-order chi connectivity index (χ0) is 24.6. The molecular formula is C24H35F3N2O4S. The van der Waals surface area contributed by atoms with Crippen LogP contribution >= 0.6 is 0 Å². The van der Waals surface area contributed by atoms with Crippen LogP contribution in [0.3, 0.4) is 0 Å². The molecule has 6 nitrogen and oxygen atoms in total. The molecule has 0 aromatic heterocycles. The predicted octanol–water partition coefficient (Wildman–Crippen LogP) is 4.04. The molecule has 192 valence electrons. The van der Waals surface area contributed by atoms with Crippen LogP contribution in [0.4, 0.5) is 13.2 Å². The van der Waals surface area contributed by atoms with Gasteiger partial charge in [-0.1, -0.05) is 12.2 Å². The number of rotatable bonds is 10. The van der Waals surface area contributed by atoms with Crippen molar-refractivity contribution in [3.63, 3.8) is 0 Å². The minimum atomic E-state index is -4.49. The standard InChI is InChI=1S/C24H35F3N2O4S/c1-28(34(30,31)23-10-8-22(9-11-23)24(25,26)27)18-20-4-6-21(7-5-20)19-33-15-3-2-12-29-13-16-32-17-14-29/h2-3,8-11,20-21H,4-7,12-19H2,1H3/b3-2+. The molecule has 1 saturated heterocycles. The van der Waals surface area contributed by atoms with Gasteiger partial charge in [0.05, 0.1) is 30.3 Å². The van der Waals surface area contributed by atoms with Gasteiger partial charge >= 0.3 is 6.18 Å². The van der Waals surface area contributed by atoms with Gasteiger partial charge in [-0.15, -0.1) is 0 Å². The monoisotopic (exact) mass is 504 g/mol. The summed E-state index contributed by atoms with van der Waals surface area (Å²) in [5.41, 5.74) is -0.859. The summed E-state index contributed by atoms with van der Waals surface area (Å²) in [5, 5.41) is 0. The van der Waals surface area contributed by atoms with Crippen molar-refractivity contribution >= 4 is 10.0 Å². The molecule has 2 aliphatic rings. The number of hydrogen-bond acceptors (Lipinski definition) is 5. The fourth-order valence-electron chi connectivity index (χ4n) is 4.42. The molecule has 1 aliphatic heterocycles. The molecular weight excluding hydrogens is 469 g/mol. The third-order valence-corrected chi connectivity index (χ3v) is 8.41. The number of benzene rings is 1.